The van der Waals surface area contributed by atoms with Crippen LogP contribution in [-0.2, 0) is 14.4 Å². The van der Waals surface area contributed by atoms with Crippen LogP contribution in [0, 0.1) is 3.57 Å². The van der Waals surface area contributed by atoms with Crippen molar-refractivity contribution in [2.75, 3.05) is 0 Å². The topological polar surface area (TPSA) is 46.6 Å². The van der Waals surface area contributed by atoms with Crippen molar-refractivity contribution in [1.29, 1.82) is 0 Å². The zero-order valence-corrected chi connectivity index (χ0v) is 15.5. The zero-order chi connectivity index (χ0) is 15.7. The van der Waals surface area contributed by atoms with Gasteiger partial charge in [-0.05, 0) is 0 Å². The summed E-state index contributed by atoms with van der Waals surface area (Å²) in [5, 5.41) is 0. The fourth-order valence-corrected chi connectivity index (χ4v) is 6.95. The first-order valence-corrected chi connectivity index (χ1v) is 10.3. The van der Waals surface area contributed by atoms with Crippen LogP contribution in [0.25, 0.3) is 0 Å². The standard InChI is InChI=1S/C16H13BrINO3/c1-11(20)22-18-15-8-7-13(17)9-14(15)16(21)19(18)10-12-5-3-2-4-6-12/h2-9H,10H2,1H3. The first-order valence-electron chi connectivity index (χ1n) is 6.61. The Morgan fingerprint density at radius 3 is 2.64 bits per heavy atom. The van der Waals surface area contributed by atoms with E-state index in [2.05, 4.69) is 15.9 Å². The molecule has 1 aliphatic rings. The van der Waals surface area contributed by atoms with Crippen molar-refractivity contribution in [3.63, 3.8) is 0 Å². The van der Waals surface area contributed by atoms with Crippen molar-refractivity contribution in [2.45, 2.75) is 13.5 Å². The Morgan fingerprint density at radius 2 is 1.95 bits per heavy atom. The molecule has 114 valence electrons. The molecule has 0 spiro atoms. The second-order valence-corrected chi connectivity index (χ2v) is 9.73. The molecule has 0 N–H and O–H groups in total. The van der Waals surface area contributed by atoms with E-state index in [-0.39, 0.29) is 11.9 Å². The molecule has 1 heterocycles. The number of benzene rings is 2. The van der Waals surface area contributed by atoms with E-state index in [9.17, 15) is 9.59 Å². The van der Waals surface area contributed by atoms with Gasteiger partial charge in [-0.25, -0.2) is 0 Å². The third kappa shape index (κ3) is 3.03. The quantitative estimate of drug-likeness (QED) is 0.496. The second-order valence-electron chi connectivity index (χ2n) is 4.73. The number of amides is 1. The van der Waals surface area contributed by atoms with Gasteiger partial charge in [0.1, 0.15) is 0 Å². The van der Waals surface area contributed by atoms with E-state index in [1.807, 2.05) is 42.5 Å². The van der Waals surface area contributed by atoms with Gasteiger partial charge in [0.2, 0.25) is 0 Å². The molecule has 0 unspecified atom stereocenters. The number of carbonyl (C=O) groups is 2. The summed E-state index contributed by atoms with van der Waals surface area (Å²) in [7, 11) is 0. The van der Waals surface area contributed by atoms with Gasteiger partial charge in [-0.1, -0.05) is 0 Å². The number of hydrogen-bond donors (Lipinski definition) is 0. The van der Waals surface area contributed by atoms with Crippen LogP contribution in [0.3, 0.4) is 0 Å². The summed E-state index contributed by atoms with van der Waals surface area (Å²) in [6, 6.07) is 15.3. The number of hydrogen-bond acceptors (Lipinski definition) is 3. The molecule has 0 fully saturated rings. The van der Waals surface area contributed by atoms with E-state index >= 15 is 0 Å². The van der Waals surface area contributed by atoms with Crippen LogP contribution in [0.2, 0.25) is 0 Å². The van der Waals surface area contributed by atoms with E-state index in [0.717, 1.165) is 13.6 Å². The molecule has 0 radical (unpaired) electrons. The third-order valence-electron chi connectivity index (χ3n) is 3.08. The molecular formula is C16H13BrINO3. The van der Waals surface area contributed by atoms with Crippen LogP contribution in [0.15, 0.2) is 53.0 Å². The minimum absolute atomic E-state index is 0.0633. The number of nitrogens with zero attached hydrogens (tertiary/aromatic N) is 1. The molecule has 0 saturated heterocycles. The van der Waals surface area contributed by atoms with E-state index in [0.29, 0.717) is 12.1 Å². The number of rotatable bonds is 3. The Labute approximate surface area is 144 Å². The predicted molar refractivity (Wildman–Crippen MR) is 94.9 cm³/mol. The predicted octanol–water partition coefficient (Wildman–Crippen LogP) is 4.17. The Kier molecular flexibility index (Phi) is 4.49. The van der Waals surface area contributed by atoms with Gasteiger partial charge in [0.15, 0.2) is 0 Å². The van der Waals surface area contributed by atoms with E-state index in [1.54, 1.807) is 9.18 Å². The molecule has 3 rings (SSSR count). The van der Waals surface area contributed by atoms with Gasteiger partial charge in [0, 0.05) is 0 Å². The maximum atomic E-state index is 12.7. The fraction of sp³-hybridized carbons (Fsp3) is 0.125. The van der Waals surface area contributed by atoms with Gasteiger partial charge in [-0.15, -0.1) is 0 Å². The summed E-state index contributed by atoms with van der Waals surface area (Å²) in [4.78, 5) is 24.1. The van der Waals surface area contributed by atoms with Crippen LogP contribution >= 0.6 is 36.4 Å². The van der Waals surface area contributed by atoms with Gasteiger partial charge >= 0.3 is 145 Å². The first kappa shape index (κ1) is 15.5. The molecule has 1 amide bonds. The van der Waals surface area contributed by atoms with Crippen LogP contribution < -0.4 is 0 Å². The molecule has 0 aromatic heterocycles. The SMILES string of the molecule is CC(=O)OI1c2ccc(Br)cc2C(=O)N1Cc1ccccc1. The molecule has 0 bridgehead atoms. The maximum absolute atomic E-state index is 12.7. The molecule has 4 nitrogen and oxygen atoms in total. The van der Waals surface area contributed by atoms with E-state index in [4.69, 9.17) is 3.07 Å². The van der Waals surface area contributed by atoms with Crippen LogP contribution in [0.1, 0.15) is 22.8 Å². The summed E-state index contributed by atoms with van der Waals surface area (Å²) >= 11 is 0.896. The third-order valence-corrected chi connectivity index (χ3v) is 8.39. The first-order chi connectivity index (χ1) is 10.6. The van der Waals surface area contributed by atoms with Crippen molar-refractivity contribution >= 4 is 48.3 Å². The van der Waals surface area contributed by atoms with Crippen molar-refractivity contribution in [3.05, 3.63) is 67.7 Å². The van der Waals surface area contributed by atoms with Crippen molar-refractivity contribution in [3.8, 4) is 0 Å². The van der Waals surface area contributed by atoms with Crippen molar-refractivity contribution in [1.82, 2.24) is 3.11 Å². The van der Waals surface area contributed by atoms with Crippen molar-refractivity contribution in [2.24, 2.45) is 0 Å². The average Bonchev–Trinajstić information content (AvgIpc) is 2.73. The Hall–Kier alpha value is -1.41. The minimum atomic E-state index is -2.49. The molecule has 0 saturated carbocycles. The van der Waals surface area contributed by atoms with Gasteiger partial charge < -0.3 is 0 Å². The molecule has 22 heavy (non-hydrogen) atoms. The van der Waals surface area contributed by atoms with Crippen LogP contribution in [0.5, 0.6) is 0 Å². The summed E-state index contributed by atoms with van der Waals surface area (Å²) in [6.45, 7) is 1.85. The molecule has 6 heteroatoms. The Balaban J connectivity index is 1.98. The van der Waals surface area contributed by atoms with Crippen LogP contribution in [-0.4, -0.2) is 15.0 Å². The molecular weight excluding hydrogens is 461 g/mol. The van der Waals surface area contributed by atoms with E-state index < -0.39 is 20.5 Å². The normalized spacial score (nSPS) is 14.9. The monoisotopic (exact) mass is 473 g/mol. The van der Waals surface area contributed by atoms with Gasteiger partial charge in [-0.3, -0.25) is 0 Å². The fourth-order valence-electron chi connectivity index (χ4n) is 2.17. The van der Waals surface area contributed by atoms with Crippen molar-refractivity contribution < 1.29 is 12.7 Å². The molecule has 0 atom stereocenters. The number of fused-ring (bicyclic) bond motifs is 1. The Morgan fingerprint density at radius 1 is 1.23 bits per heavy atom. The molecule has 2 aromatic rings. The summed E-state index contributed by atoms with van der Waals surface area (Å²) < 4.78 is 9.00. The van der Waals surface area contributed by atoms with Gasteiger partial charge in [0.25, 0.3) is 0 Å². The number of carbonyl (C=O) groups excluding carboxylic acids is 2. The summed E-state index contributed by atoms with van der Waals surface area (Å²) in [5.74, 6) is -0.404. The Bertz CT molecular complexity index is 735. The number of halogens is 2. The van der Waals surface area contributed by atoms with Gasteiger partial charge in [0.05, 0.1) is 0 Å². The van der Waals surface area contributed by atoms with E-state index in [1.165, 1.54) is 6.92 Å². The average molecular weight is 474 g/mol. The summed E-state index contributed by atoms with van der Waals surface area (Å²) in [5.41, 5.74) is 1.66. The zero-order valence-electron chi connectivity index (χ0n) is 11.8. The molecule has 1 aliphatic heterocycles. The molecule has 2 aromatic carbocycles. The summed E-state index contributed by atoms with van der Waals surface area (Å²) in [6.07, 6.45) is 0. The van der Waals surface area contributed by atoms with Crippen LogP contribution in [0.4, 0.5) is 0 Å². The molecule has 0 aliphatic carbocycles. The second kappa shape index (κ2) is 6.37. The van der Waals surface area contributed by atoms with Gasteiger partial charge in [-0.2, -0.15) is 0 Å².